The van der Waals surface area contributed by atoms with Crippen molar-refractivity contribution in [1.29, 1.82) is 0 Å². The van der Waals surface area contributed by atoms with E-state index in [-0.39, 0.29) is 5.91 Å². The molecule has 6 heteroatoms. The van der Waals surface area contributed by atoms with Crippen molar-refractivity contribution in [2.45, 2.75) is 6.92 Å². The highest BCUT2D eigenvalue weighted by Gasteiger charge is 2.09. The summed E-state index contributed by atoms with van der Waals surface area (Å²) in [5, 5.41) is 9.85. The first-order chi connectivity index (χ1) is 10.1. The SMILES string of the molecule is Cc1csc(-c2ccc(C(=O)Nc3ccn(C)n3)cc2)n1. The zero-order chi connectivity index (χ0) is 14.8. The molecule has 0 aliphatic heterocycles. The minimum atomic E-state index is -0.171. The van der Waals surface area contributed by atoms with Gasteiger partial charge >= 0.3 is 0 Å². The molecule has 1 N–H and O–H groups in total. The first-order valence-corrected chi connectivity index (χ1v) is 7.33. The van der Waals surface area contributed by atoms with E-state index in [4.69, 9.17) is 0 Å². The van der Waals surface area contributed by atoms with Crippen molar-refractivity contribution in [1.82, 2.24) is 14.8 Å². The number of hydrogen-bond donors (Lipinski definition) is 1. The lowest BCUT2D eigenvalue weighted by atomic mass is 10.1. The molecule has 0 atom stereocenters. The molecule has 0 spiro atoms. The summed E-state index contributed by atoms with van der Waals surface area (Å²) in [4.78, 5) is 16.5. The molecule has 3 rings (SSSR count). The summed E-state index contributed by atoms with van der Waals surface area (Å²) in [5.41, 5.74) is 2.62. The monoisotopic (exact) mass is 298 g/mol. The summed E-state index contributed by atoms with van der Waals surface area (Å²) in [5.74, 6) is 0.373. The number of carbonyl (C=O) groups is 1. The van der Waals surface area contributed by atoms with E-state index < -0.39 is 0 Å². The molecule has 2 aromatic heterocycles. The Morgan fingerprint density at radius 1 is 1.24 bits per heavy atom. The molecule has 21 heavy (non-hydrogen) atoms. The molecule has 1 aromatic carbocycles. The Kier molecular flexibility index (Phi) is 3.53. The van der Waals surface area contributed by atoms with Gasteiger partial charge in [0.1, 0.15) is 5.01 Å². The van der Waals surface area contributed by atoms with Gasteiger partial charge < -0.3 is 5.32 Å². The third kappa shape index (κ3) is 3.00. The van der Waals surface area contributed by atoms with Crippen LogP contribution in [0.25, 0.3) is 10.6 Å². The van der Waals surface area contributed by atoms with Gasteiger partial charge in [-0.1, -0.05) is 12.1 Å². The molecule has 0 saturated carbocycles. The van der Waals surface area contributed by atoms with Crippen molar-refractivity contribution < 1.29 is 4.79 Å². The lowest BCUT2D eigenvalue weighted by Crippen LogP contribution is -2.12. The minimum Gasteiger partial charge on any atom is -0.305 e. The molecule has 0 unspecified atom stereocenters. The smallest absolute Gasteiger partial charge is 0.256 e. The van der Waals surface area contributed by atoms with Crippen molar-refractivity contribution in [3.63, 3.8) is 0 Å². The molecule has 5 nitrogen and oxygen atoms in total. The number of hydrogen-bond acceptors (Lipinski definition) is 4. The number of rotatable bonds is 3. The van der Waals surface area contributed by atoms with Crippen LogP contribution in [0.1, 0.15) is 16.1 Å². The van der Waals surface area contributed by atoms with Gasteiger partial charge in [0.25, 0.3) is 5.91 Å². The second-order valence-electron chi connectivity index (χ2n) is 4.70. The third-order valence-corrected chi connectivity index (χ3v) is 3.98. The minimum absolute atomic E-state index is 0.171. The van der Waals surface area contributed by atoms with Crippen molar-refractivity contribution in [3.8, 4) is 10.6 Å². The maximum absolute atomic E-state index is 12.1. The van der Waals surface area contributed by atoms with Gasteiger partial charge in [-0.15, -0.1) is 11.3 Å². The normalized spacial score (nSPS) is 10.6. The molecule has 0 aliphatic carbocycles. The first kappa shape index (κ1) is 13.5. The predicted octanol–water partition coefficient (Wildman–Crippen LogP) is 3.10. The van der Waals surface area contributed by atoms with Crippen molar-refractivity contribution in [2.75, 3.05) is 5.32 Å². The van der Waals surface area contributed by atoms with Gasteiger partial charge in [0.2, 0.25) is 0 Å². The largest absolute Gasteiger partial charge is 0.305 e. The Labute approximate surface area is 126 Å². The van der Waals surface area contributed by atoms with Gasteiger partial charge in [-0.25, -0.2) is 4.98 Å². The fourth-order valence-corrected chi connectivity index (χ4v) is 2.72. The van der Waals surface area contributed by atoms with Gasteiger partial charge in [-0.05, 0) is 19.1 Å². The van der Waals surface area contributed by atoms with E-state index in [0.717, 1.165) is 16.3 Å². The lowest BCUT2D eigenvalue weighted by Gasteiger charge is -2.03. The van der Waals surface area contributed by atoms with Crippen molar-refractivity contribution in [2.24, 2.45) is 7.05 Å². The summed E-state index contributed by atoms with van der Waals surface area (Å²) in [6.07, 6.45) is 1.78. The molecule has 2 heterocycles. The van der Waals surface area contributed by atoms with Crippen molar-refractivity contribution >= 4 is 23.1 Å². The van der Waals surface area contributed by atoms with E-state index in [1.807, 2.05) is 24.4 Å². The zero-order valence-corrected chi connectivity index (χ0v) is 12.5. The number of anilines is 1. The van der Waals surface area contributed by atoms with E-state index in [1.54, 1.807) is 47.5 Å². The highest BCUT2D eigenvalue weighted by atomic mass is 32.1. The predicted molar refractivity (Wildman–Crippen MR) is 83.4 cm³/mol. The number of nitrogens with zero attached hydrogens (tertiary/aromatic N) is 3. The number of aryl methyl sites for hydroxylation is 2. The Bertz CT molecular complexity index is 773. The molecular formula is C15H14N4OS. The van der Waals surface area contributed by atoms with Crippen LogP contribution in [0.2, 0.25) is 0 Å². The molecule has 0 aliphatic rings. The Hall–Kier alpha value is -2.47. The van der Waals surface area contributed by atoms with E-state index in [2.05, 4.69) is 15.4 Å². The summed E-state index contributed by atoms with van der Waals surface area (Å²) >= 11 is 1.60. The fraction of sp³-hybridized carbons (Fsp3) is 0.133. The second kappa shape index (κ2) is 5.49. The third-order valence-electron chi connectivity index (χ3n) is 2.97. The summed E-state index contributed by atoms with van der Waals surface area (Å²) in [7, 11) is 1.81. The number of nitrogens with one attached hydrogen (secondary N) is 1. The molecule has 0 bridgehead atoms. The Morgan fingerprint density at radius 3 is 2.57 bits per heavy atom. The Balaban J connectivity index is 1.76. The Morgan fingerprint density at radius 2 is 2.00 bits per heavy atom. The van der Waals surface area contributed by atoms with Crippen LogP contribution in [-0.4, -0.2) is 20.7 Å². The van der Waals surface area contributed by atoms with Crippen LogP contribution in [0.15, 0.2) is 41.9 Å². The van der Waals surface area contributed by atoms with Gasteiger partial charge in [-0.2, -0.15) is 5.10 Å². The molecular weight excluding hydrogens is 284 g/mol. The lowest BCUT2D eigenvalue weighted by molar-refractivity contribution is 0.102. The van der Waals surface area contributed by atoms with Crippen LogP contribution in [0.3, 0.4) is 0 Å². The fourth-order valence-electron chi connectivity index (χ4n) is 1.92. The van der Waals surface area contributed by atoms with Crippen LogP contribution in [0.5, 0.6) is 0 Å². The highest BCUT2D eigenvalue weighted by molar-refractivity contribution is 7.13. The summed E-state index contributed by atoms with van der Waals surface area (Å²) in [6, 6.07) is 9.16. The molecule has 1 amide bonds. The van der Waals surface area contributed by atoms with E-state index in [0.29, 0.717) is 11.4 Å². The quantitative estimate of drug-likeness (QED) is 0.808. The number of aromatic nitrogens is 3. The van der Waals surface area contributed by atoms with E-state index >= 15 is 0 Å². The number of thiazole rings is 1. The van der Waals surface area contributed by atoms with Crippen LogP contribution in [0.4, 0.5) is 5.82 Å². The average Bonchev–Trinajstić information content (AvgIpc) is 3.08. The topological polar surface area (TPSA) is 59.8 Å². The zero-order valence-electron chi connectivity index (χ0n) is 11.7. The molecule has 3 aromatic rings. The molecule has 0 radical (unpaired) electrons. The van der Waals surface area contributed by atoms with Crippen LogP contribution < -0.4 is 5.32 Å². The summed E-state index contributed by atoms with van der Waals surface area (Å²) in [6.45, 7) is 1.97. The van der Waals surface area contributed by atoms with Crippen LogP contribution >= 0.6 is 11.3 Å². The van der Waals surface area contributed by atoms with Gasteiger partial charge in [0.05, 0.1) is 0 Å². The van der Waals surface area contributed by atoms with Gasteiger partial charge in [0, 0.05) is 41.5 Å². The number of amides is 1. The van der Waals surface area contributed by atoms with E-state index in [9.17, 15) is 4.79 Å². The number of benzene rings is 1. The van der Waals surface area contributed by atoms with Gasteiger partial charge in [-0.3, -0.25) is 9.48 Å². The first-order valence-electron chi connectivity index (χ1n) is 6.45. The van der Waals surface area contributed by atoms with Crippen LogP contribution in [-0.2, 0) is 7.05 Å². The summed E-state index contributed by atoms with van der Waals surface area (Å²) < 4.78 is 1.64. The van der Waals surface area contributed by atoms with Gasteiger partial charge in [0.15, 0.2) is 5.82 Å². The standard InChI is InChI=1S/C15H14N4OS/c1-10-9-21-15(16-10)12-5-3-11(4-6-12)14(20)17-13-7-8-19(2)18-13/h3-9H,1-2H3,(H,17,18,20). The van der Waals surface area contributed by atoms with E-state index in [1.165, 1.54) is 0 Å². The highest BCUT2D eigenvalue weighted by Crippen LogP contribution is 2.23. The molecule has 106 valence electrons. The maximum Gasteiger partial charge on any atom is 0.256 e. The second-order valence-corrected chi connectivity index (χ2v) is 5.56. The molecule has 0 fully saturated rings. The van der Waals surface area contributed by atoms with Crippen LogP contribution in [0, 0.1) is 6.92 Å². The van der Waals surface area contributed by atoms with Crippen molar-refractivity contribution in [3.05, 3.63) is 53.2 Å². The number of carbonyl (C=O) groups excluding carboxylic acids is 1. The maximum atomic E-state index is 12.1. The molecule has 0 saturated heterocycles. The average molecular weight is 298 g/mol.